The van der Waals surface area contributed by atoms with Gasteiger partial charge in [-0.1, -0.05) is 48.9 Å². The van der Waals surface area contributed by atoms with E-state index in [9.17, 15) is 0 Å². The van der Waals surface area contributed by atoms with Gasteiger partial charge in [-0.3, -0.25) is 0 Å². The van der Waals surface area contributed by atoms with Crippen LogP contribution in [0.2, 0.25) is 0 Å². The highest BCUT2D eigenvalue weighted by atomic mass is 127. The Hall–Kier alpha value is -2.62. The zero-order valence-corrected chi connectivity index (χ0v) is 22.6. The third kappa shape index (κ3) is 6.28. The summed E-state index contributed by atoms with van der Waals surface area (Å²) in [4.78, 5) is 4.83. The van der Waals surface area contributed by atoms with Crippen LogP contribution in [0.5, 0.6) is 5.75 Å². The molecule has 3 aromatic rings. The molecule has 182 valence electrons. The third-order valence-corrected chi connectivity index (χ3v) is 6.72. The summed E-state index contributed by atoms with van der Waals surface area (Å²) in [7, 11) is 3.66. The first kappa shape index (κ1) is 26.0. The molecule has 0 radical (unpaired) electrons. The zero-order valence-electron chi connectivity index (χ0n) is 20.3. The number of nitrogens with zero attached hydrogens (tertiary/aromatic N) is 4. The zero-order chi connectivity index (χ0) is 23.1. The van der Waals surface area contributed by atoms with E-state index in [1.807, 2.05) is 30.7 Å². The van der Waals surface area contributed by atoms with Gasteiger partial charge in [0.05, 0.1) is 7.11 Å². The number of nitrogens with one attached hydrogen (secondary N) is 2. The van der Waals surface area contributed by atoms with Crippen molar-refractivity contribution >= 4 is 29.9 Å². The molecule has 7 nitrogen and oxygen atoms in total. The summed E-state index contributed by atoms with van der Waals surface area (Å²) in [5, 5.41) is 15.5. The maximum Gasteiger partial charge on any atom is 0.191 e. The first-order valence-electron chi connectivity index (χ1n) is 11.7. The first-order chi connectivity index (χ1) is 16.1. The lowest BCUT2D eigenvalue weighted by atomic mass is 9.64. The number of aliphatic imine (C=N–C) groups is 1. The van der Waals surface area contributed by atoms with Gasteiger partial charge in [-0.25, -0.2) is 4.99 Å². The largest absolute Gasteiger partial charge is 0.497 e. The van der Waals surface area contributed by atoms with E-state index in [0.29, 0.717) is 6.54 Å². The van der Waals surface area contributed by atoms with Gasteiger partial charge in [0, 0.05) is 25.6 Å². The van der Waals surface area contributed by atoms with E-state index in [1.165, 1.54) is 30.4 Å². The van der Waals surface area contributed by atoms with Crippen LogP contribution in [0.4, 0.5) is 0 Å². The molecule has 34 heavy (non-hydrogen) atoms. The minimum absolute atomic E-state index is 0. The fourth-order valence-corrected chi connectivity index (χ4v) is 4.25. The number of hydrogen-bond acceptors (Lipinski definition) is 4. The molecule has 0 saturated heterocycles. The topological polar surface area (TPSA) is 76.4 Å². The summed E-state index contributed by atoms with van der Waals surface area (Å²) in [6.45, 7) is 4.08. The molecule has 1 aliphatic carbocycles. The van der Waals surface area contributed by atoms with Crippen molar-refractivity contribution in [3.63, 3.8) is 0 Å². The Labute approximate surface area is 219 Å². The summed E-state index contributed by atoms with van der Waals surface area (Å²) in [6.07, 6.45) is 4.57. The van der Waals surface area contributed by atoms with Crippen molar-refractivity contribution in [1.29, 1.82) is 0 Å². The molecule has 8 heteroatoms. The Kier molecular flexibility index (Phi) is 9.32. The molecule has 0 spiro atoms. The Morgan fingerprint density at radius 2 is 1.79 bits per heavy atom. The Morgan fingerprint density at radius 1 is 1.06 bits per heavy atom. The van der Waals surface area contributed by atoms with Crippen molar-refractivity contribution in [3.05, 3.63) is 77.4 Å². The van der Waals surface area contributed by atoms with Gasteiger partial charge in [0.15, 0.2) is 11.8 Å². The number of rotatable bonds is 9. The maximum atomic E-state index is 5.26. The van der Waals surface area contributed by atoms with Gasteiger partial charge in [-0.05, 0) is 49.4 Å². The van der Waals surface area contributed by atoms with E-state index in [1.54, 1.807) is 7.11 Å². The Bertz CT molecular complexity index is 1060. The van der Waals surface area contributed by atoms with Gasteiger partial charge in [0.2, 0.25) is 0 Å². The Morgan fingerprint density at radius 3 is 2.38 bits per heavy atom. The van der Waals surface area contributed by atoms with Crippen LogP contribution >= 0.6 is 24.0 Å². The number of methoxy groups -OCH3 is 1. The fraction of sp³-hybridized carbons (Fsp3) is 0.423. The van der Waals surface area contributed by atoms with Gasteiger partial charge >= 0.3 is 0 Å². The number of hydrogen-bond donors (Lipinski definition) is 2. The predicted octanol–water partition coefficient (Wildman–Crippen LogP) is 4.15. The van der Waals surface area contributed by atoms with Gasteiger partial charge < -0.3 is 19.9 Å². The van der Waals surface area contributed by atoms with Crippen molar-refractivity contribution in [3.8, 4) is 5.75 Å². The quantitative estimate of drug-likeness (QED) is 0.228. The second kappa shape index (κ2) is 12.2. The van der Waals surface area contributed by atoms with Gasteiger partial charge in [-0.15, -0.1) is 34.2 Å². The van der Waals surface area contributed by atoms with Crippen LogP contribution in [-0.4, -0.2) is 40.9 Å². The Balaban J connectivity index is 0.00000324. The molecule has 1 heterocycles. The van der Waals surface area contributed by atoms with Crippen molar-refractivity contribution in [2.24, 2.45) is 12.0 Å². The van der Waals surface area contributed by atoms with Crippen LogP contribution in [-0.2, 0) is 25.4 Å². The standard InChI is InChI=1S/C26H34N6O.HI/c1-20-30-31-24(32(20)2)18-28-25(27-17-14-21-10-12-23(33-3)13-11-21)29-19-26(15-7-16-26)22-8-5-4-6-9-22;/h4-6,8-13H,7,14-19H2,1-3H3,(H2,27,28,29);1H. The molecular weight excluding hydrogens is 539 g/mol. The van der Waals surface area contributed by atoms with Crippen LogP contribution in [0.3, 0.4) is 0 Å². The minimum atomic E-state index is 0. The maximum absolute atomic E-state index is 5.26. The summed E-state index contributed by atoms with van der Waals surface area (Å²) in [5.41, 5.74) is 2.85. The van der Waals surface area contributed by atoms with Crippen LogP contribution in [0.1, 0.15) is 42.0 Å². The average Bonchev–Trinajstić information content (AvgIpc) is 3.14. The molecule has 0 aliphatic heterocycles. The highest BCUT2D eigenvalue weighted by molar-refractivity contribution is 14.0. The predicted molar refractivity (Wildman–Crippen MR) is 147 cm³/mol. The molecule has 2 N–H and O–H groups in total. The van der Waals surface area contributed by atoms with E-state index in [2.05, 4.69) is 63.3 Å². The summed E-state index contributed by atoms with van der Waals surface area (Å²) < 4.78 is 7.24. The SMILES string of the molecule is COc1ccc(CCNC(=NCc2nnc(C)n2C)NCC2(c3ccccc3)CCC2)cc1.I. The van der Waals surface area contributed by atoms with Crippen LogP contribution in [0, 0.1) is 6.92 Å². The summed E-state index contributed by atoms with van der Waals surface area (Å²) in [5.74, 6) is 3.43. The smallest absolute Gasteiger partial charge is 0.191 e. The van der Waals surface area contributed by atoms with Crippen LogP contribution in [0.15, 0.2) is 59.6 Å². The number of guanidine groups is 1. The number of benzene rings is 2. The molecule has 1 fully saturated rings. The van der Waals surface area contributed by atoms with E-state index in [0.717, 1.165) is 42.9 Å². The lowest BCUT2D eigenvalue weighted by Gasteiger charge is -2.43. The van der Waals surface area contributed by atoms with Gasteiger partial charge in [-0.2, -0.15) is 0 Å². The van der Waals surface area contributed by atoms with E-state index >= 15 is 0 Å². The summed E-state index contributed by atoms with van der Waals surface area (Å²) in [6, 6.07) is 19.0. The molecule has 1 aromatic heterocycles. The normalized spacial score (nSPS) is 14.6. The molecule has 4 rings (SSSR count). The van der Waals surface area contributed by atoms with Gasteiger partial charge in [0.1, 0.15) is 18.1 Å². The van der Waals surface area contributed by atoms with Crippen LogP contribution in [0.25, 0.3) is 0 Å². The monoisotopic (exact) mass is 574 g/mol. The number of halogens is 1. The number of aryl methyl sites for hydroxylation is 1. The van der Waals surface area contributed by atoms with Crippen molar-refractivity contribution in [2.45, 2.75) is 44.6 Å². The molecule has 0 atom stereocenters. The van der Waals surface area contributed by atoms with Crippen molar-refractivity contribution in [2.75, 3.05) is 20.2 Å². The van der Waals surface area contributed by atoms with Crippen molar-refractivity contribution in [1.82, 2.24) is 25.4 Å². The lowest BCUT2D eigenvalue weighted by molar-refractivity contribution is 0.244. The third-order valence-electron chi connectivity index (χ3n) is 6.72. The molecule has 1 saturated carbocycles. The highest BCUT2D eigenvalue weighted by Crippen LogP contribution is 2.43. The molecule has 1 aliphatic rings. The first-order valence-corrected chi connectivity index (χ1v) is 11.7. The summed E-state index contributed by atoms with van der Waals surface area (Å²) >= 11 is 0. The lowest BCUT2D eigenvalue weighted by Crippen LogP contribution is -2.49. The molecule has 2 aromatic carbocycles. The second-order valence-corrected chi connectivity index (χ2v) is 8.77. The highest BCUT2D eigenvalue weighted by Gasteiger charge is 2.38. The van der Waals surface area contributed by atoms with E-state index < -0.39 is 0 Å². The van der Waals surface area contributed by atoms with Crippen LogP contribution < -0.4 is 15.4 Å². The number of aromatic nitrogens is 3. The van der Waals surface area contributed by atoms with Gasteiger partial charge in [0.25, 0.3) is 0 Å². The van der Waals surface area contributed by atoms with E-state index in [4.69, 9.17) is 9.73 Å². The average molecular weight is 575 g/mol. The van der Waals surface area contributed by atoms with Crippen molar-refractivity contribution < 1.29 is 4.74 Å². The van der Waals surface area contributed by atoms with E-state index in [-0.39, 0.29) is 29.4 Å². The molecular formula is C26H35IN6O. The minimum Gasteiger partial charge on any atom is -0.497 e. The molecule has 0 unspecified atom stereocenters. The number of ether oxygens (including phenoxy) is 1. The molecule has 0 amide bonds. The fourth-order valence-electron chi connectivity index (χ4n) is 4.25. The molecule has 0 bridgehead atoms. The second-order valence-electron chi connectivity index (χ2n) is 8.77.